The minimum Gasteiger partial charge on any atom is -0.371 e. The summed E-state index contributed by atoms with van der Waals surface area (Å²) < 4.78 is 18.0. The normalized spacial score (nSPS) is 18.2. The van der Waals surface area contributed by atoms with E-state index in [-0.39, 0.29) is 58.5 Å². The molecular formula is C48H60FN9O6. The number of nitrogens with zero attached hydrogens (tertiary/aromatic N) is 8. The van der Waals surface area contributed by atoms with Gasteiger partial charge in [-0.05, 0) is 82.9 Å². The molecule has 2 amide bonds. The minimum atomic E-state index is -1.37. The van der Waals surface area contributed by atoms with Crippen LogP contribution >= 0.6 is 0 Å². The SMILES string of the molecule is CC(=O)CCC(C(C)=O)N1C(=O)c2ccc(N3CCC(F)(CN4CCN(c5ccc(Nc6ncc7c(C)c(C(C)=O)c(=O)n(C8CCCC8)c7n6)nc5)CC4)CC3)cc2C1=O.CCC. The van der Waals surface area contributed by atoms with E-state index in [9.17, 15) is 28.8 Å². The van der Waals surface area contributed by atoms with E-state index in [1.807, 2.05) is 17.0 Å². The number of carbonyl (C=O) groups excluding carboxylic acids is 5. The van der Waals surface area contributed by atoms with E-state index in [1.165, 1.54) is 27.2 Å². The third kappa shape index (κ3) is 9.61. The number of halogens is 1. The summed E-state index contributed by atoms with van der Waals surface area (Å²) in [4.78, 5) is 98.0. The number of aryl methyl sites for hydroxylation is 1. The third-order valence-electron chi connectivity index (χ3n) is 13.0. The maximum atomic E-state index is 16.3. The fourth-order valence-electron chi connectivity index (χ4n) is 9.54. The number of anilines is 4. The molecule has 15 nitrogen and oxygen atoms in total. The summed E-state index contributed by atoms with van der Waals surface area (Å²) in [5.41, 5.74) is 1.75. The highest BCUT2D eigenvalue weighted by molar-refractivity contribution is 6.23. The van der Waals surface area contributed by atoms with E-state index < -0.39 is 23.5 Å². The first kappa shape index (κ1) is 46.1. The molecule has 16 heteroatoms. The average molecular weight is 878 g/mol. The molecule has 3 fully saturated rings. The average Bonchev–Trinajstić information content (AvgIpc) is 3.88. The van der Waals surface area contributed by atoms with Crippen LogP contribution in [0.4, 0.5) is 27.5 Å². The van der Waals surface area contributed by atoms with E-state index in [0.717, 1.165) is 42.0 Å². The third-order valence-corrected chi connectivity index (χ3v) is 13.0. The second-order valence-corrected chi connectivity index (χ2v) is 17.8. The molecule has 0 radical (unpaired) electrons. The number of piperidine rings is 1. The van der Waals surface area contributed by atoms with Crippen LogP contribution in [0.5, 0.6) is 0 Å². The summed E-state index contributed by atoms with van der Waals surface area (Å²) in [5, 5.41) is 3.86. The van der Waals surface area contributed by atoms with Gasteiger partial charge in [0.05, 0.1) is 34.6 Å². The topological polar surface area (TPSA) is 171 Å². The van der Waals surface area contributed by atoms with Gasteiger partial charge in [0.25, 0.3) is 17.4 Å². The van der Waals surface area contributed by atoms with Gasteiger partial charge in [0.2, 0.25) is 5.95 Å². The first-order valence-electron chi connectivity index (χ1n) is 22.7. The fraction of sp³-hybridized carbons (Fsp3) is 0.521. The molecule has 0 bridgehead atoms. The van der Waals surface area contributed by atoms with Crippen molar-refractivity contribution >= 4 is 63.3 Å². The largest absolute Gasteiger partial charge is 0.371 e. The number of nitrogens with one attached hydrogen (secondary N) is 1. The molecule has 64 heavy (non-hydrogen) atoms. The van der Waals surface area contributed by atoms with Crippen LogP contribution < -0.4 is 20.7 Å². The van der Waals surface area contributed by atoms with Crippen LogP contribution in [0.3, 0.4) is 0 Å². The molecule has 2 saturated heterocycles. The van der Waals surface area contributed by atoms with E-state index in [4.69, 9.17) is 4.98 Å². The number of pyridine rings is 2. The number of amides is 2. The van der Waals surface area contributed by atoms with Crippen LogP contribution in [0.1, 0.15) is 135 Å². The summed E-state index contributed by atoms with van der Waals surface area (Å²) >= 11 is 0. The van der Waals surface area contributed by atoms with Gasteiger partial charge in [-0.25, -0.2) is 14.4 Å². The highest BCUT2D eigenvalue weighted by atomic mass is 19.1. The molecule has 340 valence electrons. The van der Waals surface area contributed by atoms with Crippen molar-refractivity contribution in [1.82, 2.24) is 29.3 Å². The lowest BCUT2D eigenvalue weighted by Gasteiger charge is -2.42. The van der Waals surface area contributed by atoms with Gasteiger partial charge in [0.1, 0.15) is 22.9 Å². The Morgan fingerprint density at radius 2 is 1.48 bits per heavy atom. The summed E-state index contributed by atoms with van der Waals surface area (Å²) in [7, 11) is 0. The molecule has 1 saturated carbocycles. The number of aromatic nitrogens is 4. The number of piperazine rings is 1. The van der Waals surface area contributed by atoms with Crippen molar-refractivity contribution in [2.24, 2.45) is 0 Å². The Morgan fingerprint density at radius 1 is 0.844 bits per heavy atom. The Balaban J connectivity index is 0.00000199. The maximum Gasteiger partial charge on any atom is 0.263 e. The van der Waals surface area contributed by atoms with E-state index >= 15 is 4.39 Å². The molecule has 3 aromatic heterocycles. The fourth-order valence-corrected chi connectivity index (χ4v) is 9.54. The summed E-state index contributed by atoms with van der Waals surface area (Å²) in [6, 6.07) is 7.87. The highest BCUT2D eigenvalue weighted by Gasteiger charge is 2.43. The Hall–Kier alpha value is -5.90. The molecular weight excluding hydrogens is 818 g/mol. The Bertz CT molecular complexity index is 2490. The molecule has 1 N–H and O–H groups in total. The van der Waals surface area contributed by atoms with Crippen LogP contribution in [0, 0.1) is 6.92 Å². The summed E-state index contributed by atoms with van der Waals surface area (Å²) in [6.07, 6.45) is 9.28. The minimum absolute atomic E-state index is 0.0168. The standard InChI is InChI=1S/C45H52FN9O6.C3H8/c1-27(56)9-13-37(29(3)57)55-41(59)34-12-10-32(23-35(34)42(55)60)52-17-15-45(46,16-18-52)26-51-19-21-53(22-20-51)33-11-14-38(47-24-33)49-44-48-25-36-28(2)39(30(4)58)43(61)54(40(36)50-44)31-7-5-6-8-31;1-3-2/h10-12,14,23-25,31,37H,5-9,13,15-22,26H2,1-4H3,(H,47,48,49,50);3H2,1-2H3. The van der Waals surface area contributed by atoms with Crippen molar-refractivity contribution < 1.29 is 28.4 Å². The van der Waals surface area contributed by atoms with Gasteiger partial charge in [-0.3, -0.25) is 38.3 Å². The van der Waals surface area contributed by atoms with Crippen LogP contribution in [0.15, 0.2) is 47.5 Å². The lowest BCUT2D eigenvalue weighted by molar-refractivity contribution is -0.121. The van der Waals surface area contributed by atoms with Gasteiger partial charge in [-0.15, -0.1) is 0 Å². The number of hydrogen-bond donors (Lipinski definition) is 1. The summed E-state index contributed by atoms with van der Waals surface area (Å²) in [6.45, 7) is 14.2. The molecule has 4 aliphatic rings. The Kier molecular flexibility index (Phi) is 14.0. The van der Waals surface area contributed by atoms with Crippen molar-refractivity contribution in [2.45, 2.75) is 117 Å². The number of rotatable bonds is 13. The molecule has 6 heterocycles. The second-order valence-electron chi connectivity index (χ2n) is 17.8. The number of Topliss-reactive ketones (excluding diaryl/α,β-unsaturated/α-hetero) is 3. The van der Waals surface area contributed by atoms with Crippen molar-refractivity contribution in [2.75, 3.05) is 60.9 Å². The van der Waals surface area contributed by atoms with E-state index in [1.54, 1.807) is 42.1 Å². The molecule has 1 atom stereocenters. The van der Waals surface area contributed by atoms with Gasteiger partial charge >= 0.3 is 0 Å². The molecule has 0 spiro atoms. The number of fused-ring (bicyclic) bond motifs is 2. The van der Waals surface area contributed by atoms with Gasteiger partial charge in [-0.1, -0.05) is 33.1 Å². The van der Waals surface area contributed by atoms with Gasteiger partial charge in [0, 0.05) is 88.4 Å². The highest BCUT2D eigenvalue weighted by Crippen LogP contribution is 2.35. The lowest BCUT2D eigenvalue weighted by atomic mass is 9.91. The second kappa shape index (κ2) is 19.5. The van der Waals surface area contributed by atoms with Gasteiger partial charge in [0.15, 0.2) is 11.6 Å². The molecule has 1 aromatic carbocycles. The predicted molar refractivity (Wildman–Crippen MR) is 245 cm³/mol. The molecule has 1 unspecified atom stereocenters. The van der Waals surface area contributed by atoms with Gasteiger partial charge < -0.3 is 19.9 Å². The van der Waals surface area contributed by atoms with Crippen LogP contribution in [0.25, 0.3) is 11.0 Å². The number of benzene rings is 1. The van der Waals surface area contributed by atoms with Crippen molar-refractivity contribution in [3.63, 3.8) is 0 Å². The monoisotopic (exact) mass is 877 g/mol. The number of alkyl halides is 1. The number of carbonyl (C=O) groups is 5. The first-order chi connectivity index (χ1) is 30.6. The first-order valence-corrected chi connectivity index (χ1v) is 22.7. The maximum absolute atomic E-state index is 16.3. The zero-order valence-corrected chi connectivity index (χ0v) is 37.9. The number of ketones is 3. The van der Waals surface area contributed by atoms with Crippen LogP contribution in [-0.2, 0) is 9.59 Å². The van der Waals surface area contributed by atoms with Crippen LogP contribution in [-0.4, -0.2) is 116 Å². The van der Waals surface area contributed by atoms with E-state index in [2.05, 4.69) is 38.9 Å². The molecule has 4 aromatic rings. The smallest absolute Gasteiger partial charge is 0.263 e. The predicted octanol–water partition coefficient (Wildman–Crippen LogP) is 7.03. The Morgan fingerprint density at radius 3 is 2.09 bits per heavy atom. The van der Waals surface area contributed by atoms with Gasteiger partial charge in [-0.2, -0.15) is 4.98 Å². The zero-order chi connectivity index (χ0) is 45.9. The summed E-state index contributed by atoms with van der Waals surface area (Å²) in [5.74, 6) is -0.966. The molecule has 3 aliphatic heterocycles. The lowest BCUT2D eigenvalue weighted by Crippen LogP contribution is -2.53. The Labute approximate surface area is 373 Å². The molecule has 1 aliphatic carbocycles. The van der Waals surface area contributed by atoms with Crippen molar-refractivity contribution in [1.29, 1.82) is 0 Å². The van der Waals surface area contributed by atoms with Crippen LogP contribution in [0.2, 0.25) is 0 Å². The zero-order valence-electron chi connectivity index (χ0n) is 37.9. The quantitative estimate of drug-likeness (QED) is 0.107. The molecule has 8 rings (SSSR count). The number of imide groups is 1. The van der Waals surface area contributed by atoms with Crippen molar-refractivity contribution in [3.05, 3.63) is 75.3 Å². The van der Waals surface area contributed by atoms with E-state index in [0.29, 0.717) is 87.0 Å². The number of hydrogen-bond acceptors (Lipinski definition) is 13. The van der Waals surface area contributed by atoms with Crippen molar-refractivity contribution in [3.8, 4) is 0 Å².